The van der Waals surface area contributed by atoms with E-state index in [-0.39, 0.29) is 12.2 Å². The molecule has 0 bridgehead atoms. The van der Waals surface area contributed by atoms with Crippen LogP contribution in [0.2, 0.25) is 0 Å². The SMILES string of the molecule is COC(=O)/C=C/C1=C[C@H](OC(C)=O)[C@H]2O[C@H]2[C@@H]1O. The number of ether oxygens (including phenoxy) is 3. The van der Waals surface area contributed by atoms with Gasteiger partial charge < -0.3 is 19.3 Å². The van der Waals surface area contributed by atoms with Crippen LogP contribution < -0.4 is 0 Å². The number of carbonyl (C=O) groups is 2. The molecule has 1 N–H and O–H groups in total. The Morgan fingerprint density at radius 2 is 2.17 bits per heavy atom. The summed E-state index contributed by atoms with van der Waals surface area (Å²) in [5.41, 5.74) is 0.477. The largest absolute Gasteiger partial charge is 0.466 e. The minimum atomic E-state index is -0.817. The van der Waals surface area contributed by atoms with E-state index >= 15 is 0 Å². The number of aliphatic hydroxyl groups is 1. The first-order chi connectivity index (χ1) is 8.52. The highest BCUT2D eigenvalue weighted by Crippen LogP contribution is 2.38. The fourth-order valence-corrected chi connectivity index (χ4v) is 1.91. The van der Waals surface area contributed by atoms with Gasteiger partial charge in [0, 0.05) is 13.0 Å². The zero-order valence-corrected chi connectivity index (χ0v) is 10.0. The monoisotopic (exact) mass is 254 g/mol. The highest BCUT2D eigenvalue weighted by atomic mass is 16.6. The first-order valence-electron chi connectivity index (χ1n) is 5.51. The molecule has 6 nitrogen and oxygen atoms in total. The molecule has 1 fully saturated rings. The van der Waals surface area contributed by atoms with E-state index in [1.54, 1.807) is 6.08 Å². The van der Waals surface area contributed by atoms with Crippen molar-refractivity contribution in [1.29, 1.82) is 0 Å². The lowest BCUT2D eigenvalue weighted by Gasteiger charge is -2.19. The van der Waals surface area contributed by atoms with Gasteiger partial charge in [0.05, 0.1) is 7.11 Å². The van der Waals surface area contributed by atoms with Crippen LogP contribution in [0.25, 0.3) is 0 Å². The Labute approximate surface area is 104 Å². The van der Waals surface area contributed by atoms with Crippen molar-refractivity contribution in [3.8, 4) is 0 Å². The van der Waals surface area contributed by atoms with Crippen molar-refractivity contribution in [3.05, 3.63) is 23.8 Å². The van der Waals surface area contributed by atoms with E-state index < -0.39 is 24.1 Å². The molecule has 1 heterocycles. The Morgan fingerprint density at radius 3 is 2.78 bits per heavy atom. The van der Waals surface area contributed by atoms with Gasteiger partial charge in [0.1, 0.15) is 24.4 Å². The summed E-state index contributed by atoms with van der Waals surface area (Å²) < 4.78 is 14.7. The number of fused-ring (bicyclic) bond motifs is 1. The Kier molecular flexibility index (Phi) is 3.49. The van der Waals surface area contributed by atoms with Crippen molar-refractivity contribution in [1.82, 2.24) is 0 Å². The van der Waals surface area contributed by atoms with Crippen LogP contribution in [0.3, 0.4) is 0 Å². The molecule has 1 aliphatic carbocycles. The third kappa shape index (κ3) is 2.60. The van der Waals surface area contributed by atoms with Crippen LogP contribution in [-0.2, 0) is 23.8 Å². The van der Waals surface area contributed by atoms with E-state index in [1.807, 2.05) is 0 Å². The summed E-state index contributed by atoms with van der Waals surface area (Å²) in [4.78, 5) is 21.9. The molecule has 18 heavy (non-hydrogen) atoms. The van der Waals surface area contributed by atoms with E-state index in [4.69, 9.17) is 9.47 Å². The van der Waals surface area contributed by atoms with Crippen LogP contribution >= 0.6 is 0 Å². The van der Waals surface area contributed by atoms with Gasteiger partial charge in [0.15, 0.2) is 0 Å². The van der Waals surface area contributed by atoms with Crippen molar-refractivity contribution in [3.63, 3.8) is 0 Å². The first kappa shape index (κ1) is 12.8. The maximum atomic E-state index is 11.0. The number of hydrogen-bond donors (Lipinski definition) is 1. The molecule has 0 saturated carbocycles. The van der Waals surface area contributed by atoms with Crippen molar-refractivity contribution >= 4 is 11.9 Å². The molecule has 0 spiro atoms. The average Bonchev–Trinajstić information content (AvgIpc) is 3.10. The van der Waals surface area contributed by atoms with Gasteiger partial charge in [0.2, 0.25) is 0 Å². The number of methoxy groups -OCH3 is 1. The molecule has 4 atom stereocenters. The molecule has 0 amide bonds. The highest BCUT2D eigenvalue weighted by Gasteiger charge is 2.54. The van der Waals surface area contributed by atoms with Gasteiger partial charge in [-0.2, -0.15) is 0 Å². The van der Waals surface area contributed by atoms with E-state index in [1.165, 1.54) is 26.2 Å². The summed E-state index contributed by atoms with van der Waals surface area (Å²) in [5.74, 6) is -0.941. The number of epoxide rings is 1. The molecule has 2 rings (SSSR count). The second-order valence-corrected chi connectivity index (χ2v) is 4.11. The van der Waals surface area contributed by atoms with Crippen LogP contribution in [0.15, 0.2) is 23.8 Å². The zero-order valence-electron chi connectivity index (χ0n) is 10.0. The van der Waals surface area contributed by atoms with Gasteiger partial charge >= 0.3 is 11.9 Å². The van der Waals surface area contributed by atoms with Gasteiger partial charge in [-0.15, -0.1) is 0 Å². The first-order valence-corrected chi connectivity index (χ1v) is 5.51. The molecular formula is C12H14O6. The van der Waals surface area contributed by atoms with E-state index in [0.717, 1.165) is 0 Å². The second kappa shape index (κ2) is 4.91. The third-order valence-corrected chi connectivity index (χ3v) is 2.81. The zero-order chi connectivity index (χ0) is 13.3. The number of rotatable bonds is 3. The number of carbonyl (C=O) groups excluding carboxylic acids is 2. The van der Waals surface area contributed by atoms with Gasteiger partial charge in [-0.3, -0.25) is 4.79 Å². The molecule has 0 radical (unpaired) electrons. The topological polar surface area (TPSA) is 85.4 Å². The summed E-state index contributed by atoms with van der Waals surface area (Å²) in [6.45, 7) is 1.31. The molecule has 0 aromatic rings. The summed E-state index contributed by atoms with van der Waals surface area (Å²) in [6, 6.07) is 0. The lowest BCUT2D eigenvalue weighted by molar-refractivity contribution is -0.145. The Balaban J connectivity index is 2.11. The van der Waals surface area contributed by atoms with E-state index in [0.29, 0.717) is 5.57 Å². The summed E-state index contributed by atoms with van der Waals surface area (Å²) in [6.07, 6.45) is 2.21. The van der Waals surface area contributed by atoms with E-state index in [9.17, 15) is 14.7 Å². The van der Waals surface area contributed by atoms with Crippen LogP contribution in [0.4, 0.5) is 0 Å². The third-order valence-electron chi connectivity index (χ3n) is 2.81. The van der Waals surface area contributed by atoms with Crippen molar-refractivity contribution in [2.45, 2.75) is 31.3 Å². The lowest BCUT2D eigenvalue weighted by Crippen LogP contribution is -2.32. The maximum Gasteiger partial charge on any atom is 0.330 e. The number of aliphatic hydroxyl groups excluding tert-OH is 1. The van der Waals surface area contributed by atoms with Crippen LogP contribution in [0, 0.1) is 0 Å². The van der Waals surface area contributed by atoms with Gasteiger partial charge in [-0.1, -0.05) is 0 Å². The fourth-order valence-electron chi connectivity index (χ4n) is 1.91. The molecule has 1 saturated heterocycles. The van der Waals surface area contributed by atoms with E-state index in [2.05, 4.69) is 4.74 Å². The van der Waals surface area contributed by atoms with Crippen LogP contribution in [-0.4, -0.2) is 48.6 Å². The Bertz CT molecular complexity index is 424. The fraction of sp³-hybridized carbons (Fsp3) is 0.500. The van der Waals surface area contributed by atoms with Crippen molar-refractivity contribution < 1.29 is 28.9 Å². The summed E-state index contributed by atoms with van der Waals surface area (Å²) in [7, 11) is 1.26. The van der Waals surface area contributed by atoms with Crippen molar-refractivity contribution in [2.24, 2.45) is 0 Å². The molecular weight excluding hydrogens is 240 g/mol. The average molecular weight is 254 g/mol. The molecule has 1 aliphatic heterocycles. The molecule has 0 aromatic carbocycles. The standard InChI is InChI=1S/C12H14O6/c1-6(13)17-8-5-7(3-4-9(14)16-2)10(15)12-11(8)18-12/h3-5,8,10-12,15H,1-2H3/b4-3+/t8-,10+,11+,12-/m0/s1. The minimum Gasteiger partial charge on any atom is -0.466 e. The molecule has 0 unspecified atom stereocenters. The van der Waals surface area contributed by atoms with Gasteiger partial charge in [-0.25, -0.2) is 4.79 Å². The Morgan fingerprint density at radius 1 is 1.44 bits per heavy atom. The molecule has 98 valence electrons. The quantitative estimate of drug-likeness (QED) is 0.423. The predicted molar refractivity (Wildman–Crippen MR) is 59.5 cm³/mol. The molecule has 0 aromatic heterocycles. The Hall–Kier alpha value is -1.66. The van der Waals surface area contributed by atoms with Crippen LogP contribution in [0.1, 0.15) is 6.92 Å². The summed E-state index contributed by atoms with van der Waals surface area (Å²) in [5, 5.41) is 9.88. The number of hydrogen-bond acceptors (Lipinski definition) is 6. The van der Waals surface area contributed by atoms with Crippen LogP contribution in [0.5, 0.6) is 0 Å². The smallest absolute Gasteiger partial charge is 0.330 e. The lowest BCUT2D eigenvalue weighted by atomic mass is 9.94. The van der Waals surface area contributed by atoms with Crippen molar-refractivity contribution in [2.75, 3.05) is 7.11 Å². The second-order valence-electron chi connectivity index (χ2n) is 4.11. The van der Waals surface area contributed by atoms with Gasteiger partial charge in [-0.05, 0) is 17.7 Å². The highest BCUT2D eigenvalue weighted by molar-refractivity contribution is 5.82. The maximum absolute atomic E-state index is 11.0. The molecule has 6 heteroatoms. The normalized spacial score (nSPS) is 33.6. The molecule has 2 aliphatic rings. The number of esters is 2. The summed E-state index contributed by atoms with van der Waals surface area (Å²) >= 11 is 0. The van der Waals surface area contributed by atoms with Gasteiger partial charge in [0.25, 0.3) is 0 Å². The minimum absolute atomic E-state index is 0.292. The predicted octanol–water partition coefficient (Wildman–Crippen LogP) is -0.284.